The maximum atomic E-state index is 12.8. The van der Waals surface area contributed by atoms with E-state index in [9.17, 15) is 9.59 Å². The lowest BCUT2D eigenvalue weighted by atomic mass is 10.1. The summed E-state index contributed by atoms with van der Waals surface area (Å²) in [4.78, 5) is 27.0. The van der Waals surface area contributed by atoms with Gasteiger partial charge in [0.25, 0.3) is 5.91 Å². The van der Waals surface area contributed by atoms with E-state index in [1.807, 2.05) is 31.2 Å². The topological polar surface area (TPSA) is 46.6 Å². The lowest BCUT2D eigenvalue weighted by Gasteiger charge is -2.22. The molecule has 1 aromatic heterocycles. The summed E-state index contributed by atoms with van der Waals surface area (Å²) < 4.78 is 5.91. The molecule has 5 heteroatoms. The molecule has 0 saturated carbocycles. The number of esters is 1. The van der Waals surface area contributed by atoms with Gasteiger partial charge in [0, 0.05) is 11.2 Å². The van der Waals surface area contributed by atoms with E-state index in [-0.39, 0.29) is 11.9 Å². The SMILES string of the molecule is COC(=O)C1CCCN1C(=O)c1sc2ccccc2c1C. The first-order valence-corrected chi connectivity index (χ1v) is 7.82. The minimum atomic E-state index is -0.438. The first kappa shape index (κ1) is 14.1. The molecule has 0 bridgehead atoms. The predicted molar refractivity (Wildman–Crippen MR) is 82.6 cm³/mol. The van der Waals surface area contributed by atoms with Gasteiger partial charge in [-0.3, -0.25) is 4.79 Å². The molecule has 1 atom stereocenters. The van der Waals surface area contributed by atoms with Crippen molar-refractivity contribution in [1.29, 1.82) is 0 Å². The number of hydrogen-bond donors (Lipinski definition) is 0. The summed E-state index contributed by atoms with van der Waals surface area (Å²) in [7, 11) is 1.37. The zero-order valence-electron chi connectivity index (χ0n) is 12.1. The van der Waals surface area contributed by atoms with Crippen molar-refractivity contribution in [3.05, 3.63) is 34.7 Å². The summed E-state index contributed by atoms with van der Waals surface area (Å²) in [6, 6.07) is 7.56. The number of rotatable bonds is 2. The zero-order chi connectivity index (χ0) is 15.0. The molecule has 1 fully saturated rings. The molecule has 2 heterocycles. The molecule has 1 saturated heterocycles. The van der Waals surface area contributed by atoms with Crippen LogP contribution < -0.4 is 0 Å². The molecule has 21 heavy (non-hydrogen) atoms. The van der Waals surface area contributed by atoms with Gasteiger partial charge in [-0.1, -0.05) is 18.2 Å². The third kappa shape index (κ3) is 2.31. The molecule has 3 rings (SSSR count). The summed E-state index contributed by atoms with van der Waals surface area (Å²) in [6.45, 7) is 2.58. The second kappa shape index (κ2) is 5.48. The first-order valence-electron chi connectivity index (χ1n) is 7.00. The molecule has 1 aromatic carbocycles. The third-order valence-electron chi connectivity index (χ3n) is 4.02. The van der Waals surface area contributed by atoms with Gasteiger partial charge in [0.05, 0.1) is 12.0 Å². The Morgan fingerprint density at radius 3 is 2.81 bits per heavy atom. The molecule has 1 unspecified atom stereocenters. The van der Waals surface area contributed by atoms with Gasteiger partial charge in [0.2, 0.25) is 0 Å². The predicted octanol–water partition coefficient (Wildman–Crippen LogP) is 2.99. The number of thiophene rings is 1. The Morgan fingerprint density at radius 1 is 1.33 bits per heavy atom. The van der Waals surface area contributed by atoms with Gasteiger partial charge in [-0.15, -0.1) is 11.3 Å². The van der Waals surface area contributed by atoms with E-state index in [0.29, 0.717) is 13.0 Å². The monoisotopic (exact) mass is 303 g/mol. The maximum Gasteiger partial charge on any atom is 0.328 e. The van der Waals surface area contributed by atoms with Gasteiger partial charge in [-0.05, 0) is 36.8 Å². The number of benzene rings is 1. The van der Waals surface area contributed by atoms with E-state index >= 15 is 0 Å². The molecule has 1 aliphatic rings. The Labute approximate surface area is 127 Å². The van der Waals surface area contributed by atoms with Crippen LogP contribution in [0.3, 0.4) is 0 Å². The van der Waals surface area contributed by atoms with Crippen molar-refractivity contribution < 1.29 is 14.3 Å². The van der Waals surface area contributed by atoms with E-state index in [1.165, 1.54) is 18.4 Å². The number of methoxy groups -OCH3 is 1. The summed E-state index contributed by atoms with van der Waals surface area (Å²) in [5, 5.41) is 1.11. The Kier molecular flexibility index (Phi) is 3.68. The van der Waals surface area contributed by atoms with Crippen molar-refractivity contribution in [2.75, 3.05) is 13.7 Å². The number of carbonyl (C=O) groups excluding carboxylic acids is 2. The Morgan fingerprint density at radius 2 is 2.10 bits per heavy atom. The Balaban J connectivity index is 1.96. The summed E-state index contributed by atoms with van der Waals surface area (Å²) >= 11 is 1.50. The second-order valence-corrected chi connectivity index (χ2v) is 6.28. The number of likely N-dealkylation sites (tertiary alicyclic amines) is 1. The van der Waals surface area contributed by atoms with Crippen molar-refractivity contribution in [2.24, 2.45) is 0 Å². The van der Waals surface area contributed by atoms with Crippen molar-refractivity contribution in [1.82, 2.24) is 4.90 Å². The van der Waals surface area contributed by atoms with Crippen LogP contribution in [0.5, 0.6) is 0 Å². The van der Waals surface area contributed by atoms with Crippen LogP contribution in [0.25, 0.3) is 10.1 Å². The van der Waals surface area contributed by atoms with Crippen LogP contribution in [0, 0.1) is 6.92 Å². The Bertz CT molecular complexity index is 707. The van der Waals surface area contributed by atoms with Crippen LogP contribution >= 0.6 is 11.3 Å². The van der Waals surface area contributed by atoms with E-state index in [1.54, 1.807) is 4.90 Å². The highest BCUT2D eigenvalue weighted by Crippen LogP contribution is 2.33. The lowest BCUT2D eigenvalue weighted by Crippen LogP contribution is -2.41. The highest BCUT2D eigenvalue weighted by Gasteiger charge is 2.36. The number of amides is 1. The molecule has 0 spiro atoms. The third-order valence-corrected chi connectivity index (χ3v) is 5.29. The number of nitrogens with zero attached hydrogens (tertiary/aromatic N) is 1. The van der Waals surface area contributed by atoms with Crippen molar-refractivity contribution in [3.63, 3.8) is 0 Å². The van der Waals surface area contributed by atoms with Gasteiger partial charge in [0.1, 0.15) is 6.04 Å². The summed E-state index contributed by atoms with van der Waals surface area (Å²) in [6.07, 6.45) is 1.53. The fourth-order valence-corrected chi connectivity index (χ4v) is 4.06. The highest BCUT2D eigenvalue weighted by molar-refractivity contribution is 7.21. The normalized spacial score (nSPS) is 18.2. The largest absolute Gasteiger partial charge is 0.467 e. The van der Waals surface area contributed by atoms with Crippen molar-refractivity contribution >= 4 is 33.3 Å². The van der Waals surface area contributed by atoms with Crippen LogP contribution in [-0.2, 0) is 9.53 Å². The molecule has 0 radical (unpaired) electrons. The number of aryl methyl sites for hydroxylation is 1. The number of hydrogen-bond acceptors (Lipinski definition) is 4. The van der Waals surface area contributed by atoms with Gasteiger partial charge in [0.15, 0.2) is 0 Å². The van der Waals surface area contributed by atoms with E-state index in [0.717, 1.165) is 26.9 Å². The van der Waals surface area contributed by atoms with E-state index in [4.69, 9.17) is 4.74 Å². The summed E-state index contributed by atoms with van der Waals surface area (Å²) in [5.74, 6) is -0.374. The molecule has 4 nitrogen and oxygen atoms in total. The number of ether oxygens (including phenoxy) is 1. The molecular formula is C16H17NO3S. The van der Waals surface area contributed by atoms with Crippen LogP contribution in [0.15, 0.2) is 24.3 Å². The lowest BCUT2D eigenvalue weighted by molar-refractivity contribution is -0.145. The zero-order valence-corrected chi connectivity index (χ0v) is 12.9. The van der Waals surface area contributed by atoms with Gasteiger partial charge in [-0.2, -0.15) is 0 Å². The quantitative estimate of drug-likeness (QED) is 0.801. The molecule has 1 aliphatic heterocycles. The minimum Gasteiger partial charge on any atom is -0.467 e. The fourth-order valence-electron chi connectivity index (χ4n) is 2.90. The second-order valence-electron chi connectivity index (χ2n) is 5.23. The van der Waals surface area contributed by atoms with E-state index in [2.05, 4.69) is 0 Å². The van der Waals surface area contributed by atoms with Crippen LogP contribution in [-0.4, -0.2) is 36.5 Å². The average Bonchev–Trinajstić information content (AvgIpc) is 3.11. The smallest absolute Gasteiger partial charge is 0.328 e. The Hall–Kier alpha value is -1.88. The number of fused-ring (bicyclic) bond motifs is 1. The van der Waals surface area contributed by atoms with Gasteiger partial charge in [-0.25, -0.2) is 4.79 Å². The average molecular weight is 303 g/mol. The molecule has 2 aromatic rings. The van der Waals surface area contributed by atoms with Crippen molar-refractivity contribution in [3.8, 4) is 0 Å². The van der Waals surface area contributed by atoms with Crippen molar-refractivity contribution in [2.45, 2.75) is 25.8 Å². The van der Waals surface area contributed by atoms with Gasteiger partial charge >= 0.3 is 5.97 Å². The molecule has 0 aliphatic carbocycles. The van der Waals surface area contributed by atoms with Crippen LogP contribution in [0.4, 0.5) is 0 Å². The standard InChI is InChI=1S/C16H17NO3S/c1-10-11-6-3-4-8-13(11)21-14(10)15(18)17-9-5-7-12(17)16(19)20-2/h3-4,6,8,12H,5,7,9H2,1-2H3. The maximum absolute atomic E-state index is 12.8. The summed E-state index contributed by atoms with van der Waals surface area (Å²) in [5.41, 5.74) is 0.996. The molecule has 110 valence electrons. The fraction of sp³-hybridized carbons (Fsp3) is 0.375. The minimum absolute atomic E-state index is 0.0541. The first-order chi connectivity index (χ1) is 10.1. The molecule has 0 N–H and O–H groups in total. The highest BCUT2D eigenvalue weighted by atomic mass is 32.1. The molecular weight excluding hydrogens is 286 g/mol. The van der Waals surface area contributed by atoms with Gasteiger partial charge < -0.3 is 9.64 Å². The van der Waals surface area contributed by atoms with Crippen LogP contribution in [0.2, 0.25) is 0 Å². The molecule has 1 amide bonds. The number of carbonyl (C=O) groups is 2. The van der Waals surface area contributed by atoms with Crippen LogP contribution in [0.1, 0.15) is 28.1 Å². The van der Waals surface area contributed by atoms with E-state index < -0.39 is 6.04 Å².